The number of carbonyl (C=O) groups excluding carboxylic acids is 1. The highest BCUT2D eigenvalue weighted by molar-refractivity contribution is 7.92. The normalized spacial score (nSPS) is 12.1. The number of fused-ring (bicyclic) bond motifs is 1. The lowest BCUT2D eigenvalue weighted by Gasteiger charge is -2.10. The molecule has 11 heteroatoms. The van der Waals surface area contributed by atoms with Crippen LogP contribution in [0.5, 0.6) is 11.5 Å². The van der Waals surface area contributed by atoms with E-state index in [2.05, 4.69) is 9.71 Å². The number of methoxy groups -OCH3 is 2. The first-order valence-electron chi connectivity index (χ1n) is 11.9. The summed E-state index contributed by atoms with van der Waals surface area (Å²) >= 11 is 1.34. The Labute approximate surface area is 225 Å². The molecule has 4 aromatic rings. The highest BCUT2D eigenvalue weighted by Crippen LogP contribution is 2.33. The average Bonchev–Trinajstić information content (AvgIpc) is 3.23. The van der Waals surface area contributed by atoms with E-state index >= 15 is 0 Å². The summed E-state index contributed by atoms with van der Waals surface area (Å²) < 4.78 is 47.3. The van der Waals surface area contributed by atoms with Gasteiger partial charge in [-0.25, -0.2) is 8.42 Å². The smallest absolute Gasteiger partial charge is 0.279 e. The summed E-state index contributed by atoms with van der Waals surface area (Å²) in [5.41, 5.74) is 2.30. The van der Waals surface area contributed by atoms with Gasteiger partial charge in [0.15, 0.2) is 16.3 Å². The van der Waals surface area contributed by atoms with Crippen LogP contribution >= 0.6 is 11.3 Å². The first kappa shape index (κ1) is 27.4. The first-order chi connectivity index (χ1) is 18.2. The van der Waals surface area contributed by atoms with Gasteiger partial charge in [0.2, 0.25) is 0 Å². The number of hydrogen-bond acceptors (Lipinski definition) is 7. The molecule has 1 N–H and O–H groups in total. The lowest BCUT2D eigenvalue weighted by molar-refractivity contribution is 0.0996. The largest absolute Gasteiger partial charge is 0.493 e. The summed E-state index contributed by atoms with van der Waals surface area (Å²) in [5, 5.41) is 0. The highest BCUT2D eigenvalue weighted by Gasteiger charge is 2.16. The van der Waals surface area contributed by atoms with Crippen LogP contribution in [0.15, 0.2) is 70.6 Å². The van der Waals surface area contributed by atoms with Crippen LogP contribution in [0.25, 0.3) is 10.2 Å². The summed E-state index contributed by atoms with van der Waals surface area (Å²) in [5.74, 6) is 0.635. The van der Waals surface area contributed by atoms with Gasteiger partial charge in [-0.05, 0) is 44.2 Å². The Morgan fingerprint density at radius 2 is 1.74 bits per heavy atom. The molecule has 0 fully saturated rings. The number of anilines is 1. The topological polar surface area (TPSA) is 108 Å². The van der Waals surface area contributed by atoms with Gasteiger partial charge in [-0.15, -0.1) is 0 Å². The lowest BCUT2D eigenvalue weighted by atomic mass is 10.2. The molecule has 0 unspecified atom stereocenters. The number of nitrogens with zero attached hydrogens (tertiary/aromatic N) is 2. The molecule has 1 aromatic heterocycles. The van der Waals surface area contributed by atoms with Gasteiger partial charge in [0.1, 0.15) is 0 Å². The molecular weight excluding hydrogens is 526 g/mol. The molecule has 0 aliphatic heterocycles. The predicted octanol–water partition coefficient (Wildman–Crippen LogP) is 4.61. The molecular formula is C27H29N3O6S2. The van der Waals surface area contributed by atoms with Crippen LogP contribution in [0.3, 0.4) is 0 Å². The standard InChI is InChI=1S/C27H29N3O6S2/c1-5-36-14-13-30-22-16-23(34-3)24(35-4)17-25(22)37-27(30)28-26(31)19-7-6-8-20(15-19)29-38(32,33)21-11-9-18(2)10-12-21/h6-12,15-17,29H,5,13-14H2,1-4H3. The number of ether oxygens (including phenoxy) is 3. The second-order valence-electron chi connectivity index (χ2n) is 8.32. The molecule has 1 amide bonds. The zero-order chi connectivity index (χ0) is 27.3. The van der Waals surface area contributed by atoms with Crippen molar-refractivity contribution >= 4 is 43.2 Å². The van der Waals surface area contributed by atoms with Crippen molar-refractivity contribution in [1.82, 2.24) is 4.57 Å². The van der Waals surface area contributed by atoms with Crippen LogP contribution < -0.4 is 19.0 Å². The highest BCUT2D eigenvalue weighted by atomic mass is 32.2. The Morgan fingerprint density at radius 3 is 2.42 bits per heavy atom. The number of aryl methyl sites for hydroxylation is 1. The second-order valence-corrected chi connectivity index (χ2v) is 11.0. The molecule has 1 heterocycles. The van der Waals surface area contributed by atoms with Crippen molar-refractivity contribution in [3.05, 3.63) is 76.6 Å². The minimum Gasteiger partial charge on any atom is -0.493 e. The maximum atomic E-state index is 13.2. The first-order valence-corrected chi connectivity index (χ1v) is 14.2. The fourth-order valence-corrected chi connectivity index (χ4v) is 5.91. The van der Waals surface area contributed by atoms with Crippen LogP contribution in [0.1, 0.15) is 22.8 Å². The van der Waals surface area contributed by atoms with Gasteiger partial charge in [0.05, 0.1) is 35.9 Å². The third kappa shape index (κ3) is 6.07. The third-order valence-corrected chi connectivity index (χ3v) is 8.18. The summed E-state index contributed by atoms with van der Waals surface area (Å²) in [6.07, 6.45) is 0. The predicted molar refractivity (Wildman–Crippen MR) is 148 cm³/mol. The Kier molecular flexibility index (Phi) is 8.50. The van der Waals surface area contributed by atoms with Gasteiger partial charge < -0.3 is 18.8 Å². The molecule has 3 aromatic carbocycles. The van der Waals surface area contributed by atoms with Gasteiger partial charge in [-0.3, -0.25) is 9.52 Å². The number of nitrogens with one attached hydrogen (secondary N) is 1. The van der Waals surface area contributed by atoms with E-state index in [1.807, 2.05) is 30.5 Å². The van der Waals surface area contributed by atoms with Crippen molar-refractivity contribution in [3.63, 3.8) is 0 Å². The molecule has 0 radical (unpaired) electrons. The minimum atomic E-state index is -3.81. The van der Waals surface area contributed by atoms with Crippen molar-refractivity contribution in [2.24, 2.45) is 4.99 Å². The monoisotopic (exact) mass is 555 g/mol. The van der Waals surface area contributed by atoms with E-state index in [1.165, 1.54) is 29.5 Å². The van der Waals surface area contributed by atoms with E-state index in [1.54, 1.807) is 44.6 Å². The summed E-state index contributed by atoms with van der Waals surface area (Å²) in [6, 6.07) is 16.5. The van der Waals surface area contributed by atoms with Gasteiger partial charge in [0.25, 0.3) is 15.9 Å². The number of sulfonamides is 1. The van der Waals surface area contributed by atoms with Crippen LogP contribution in [-0.4, -0.2) is 46.3 Å². The Hall–Kier alpha value is -3.67. The van der Waals surface area contributed by atoms with Crippen LogP contribution in [0.4, 0.5) is 5.69 Å². The maximum absolute atomic E-state index is 13.2. The fourth-order valence-electron chi connectivity index (χ4n) is 3.80. The average molecular weight is 556 g/mol. The molecule has 0 atom stereocenters. The van der Waals surface area contributed by atoms with E-state index in [0.717, 1.165) is 15.8 Å². The summed E-state index contributed by atoms with van der Waals surface area (Å²) in [6.45, 7) is 5.28. The third-order valence-electron chi connectivity index (χ3n) is 5.74. The minimum absolute atomic E-state index is 0.135. The number of thiazole rings is 1. The van der Waals surface area contributed by atoms with E-state index in [0.29, 0.717) is 36.1 Å². The van der Waals surface area contributed by atoms with E-state index in [4.69, 9.17) is 14.2 Å². The second kappa shape index (κ2) is 11.8. The lowest BCUT2D eigenvalue weighted by Crippen LogP contribution is -2.20. The fraction of sp³-hybridized carbons (Fsp3) is 0.259. The number of aromatic nitrogens is 1. The van der Waals surface area contributed by atoms with Gasteiger partial charge in [-0.2, -0.15) is 4.99 Å². The van der Waals surface area contributed by atoms with Crippen molar-refractivity contribution in [2.75, 3.05) is 32.2 Å². The molecule has 200 valence electrons. The number of carbonyl (C=O) groups is 1. The van der Waals surface area contributed by atoms with Crippen LogP contribution in [0.2, 0.25) is 0 Å². The van der Waals surface area contributed by atoms with Gasteiger partial charge in [0, 0.05) is 36.5 Å². The summed E-state index contributed by atoms with van der Waals surface area (Å²) in [7, 11) is -0.683. The molecule has 0 saturated carbocycles. The van der Waals surface area contributed by atoms with Gasteiger partial charge >= 0.3 is 0 Å². The Balaban J connectivity index is 1.70. The van der Waals surface area contributed by atoms with Crippen LogP contribution in [-0.2, 0) is 21.3 Å². The van der Waals surface area contributed by atoms with E-state index in [9.17, 15) is 13.2 Å². The van der Waals surface area contributed by atoms with E-state index in [-0.39, 0.29) is 16.1 Å². The molecule has 38 heavy (non-hydrogen) atoms. The zero-order valence-corrected chi connectivity index (χ0v) is 23.2. The Morgan fingerprint density at radius 1 is 1.03 bits per heavy atom. The number of benzene rings is 3. The molecule has 0 spiro atoms. The molecule has 9 nitrogen and oxygen atoms in total. The molecule has 4 rings (SSSR count). The molecule has 0 saturated heterocycles. The SMILES string of the molecule is CCOCCn1c(=NC(=O)c2cccc(NS(=O)(=O)c3ccc(C)cc3)c2)sc2cc(OC)c(OC)cc21. The Bertz CT molecular complexity index is 1620. The van der Waals surface area contributed by atoms with E-state index < -0.39 is 15.9 Å². The molecule has 0 aliphatic carbocycles. The van der Waals surface area contributed by atoms with Crippen molar-refractivity contribution in [2.45, 2.75) is 25.3 Å². The van der Waals surface area contributed by atoms with Gasteiger partial charge in [-0.1, -0.05) is 35.1 Å². The maximum Gasteiger partial charge on any atom is 0.279 e. The number of amides is 1. The van der Waals surface area contributed by atoms with Crippen molar-refractivity contribution in [1.29, 1.82) is 0 Å². The molecule has 0 bridgehead atoms. The van der Waals surface area contributed by atoms with Crippen molar-refractivity contribution in [3.8, 4) is 11.5 Å². The number of hydrogen-bond donors (Lipinski definition) is 1. The quantitative estimate of drug-likeness (QED) is 0.287. The zero-order valence-electron chi connectivity index (χ0n) is 21.6. The molecule has 0 aliphatic rings. The number of rotatable bonds is 10. The van der Waals surface area contributed by atoms with Crippen LogP contribution in [0, 0.1) is 6.92 Å². The summed E-state index contributed by atoms with van der Waals surface area (Å²) in [4.78, 5) is 18.2. The van der Waals surface area contributed by atoms with Crippen molar-refractivity contribution < 1.29 is 27.4 Å².